The number of nitrogens with one attached hydrogen (secondary N) is 1. The lowest BCUT2D eigenvalue weighted by molar-refractivity contribution is 0.741. The van der Waals surface area contributed by atoms with Crippen LogP contribution in [0.2, 0.25) is 0 Å². The second kappa shape index (κ2) is 8.46. The zero-order valence-corrected chi connectivity index (χ0v) is 14.6. The van der Waals surface area contributed by atoms with Gasteiger partial charge in [0, 0.05) is 19.3 Å². The van der Waals surface area contributed by atoms with E-state index in [0.29, 0.717) is 5.95 Å². The molecule has 0 bridgehead atoms. The Morgan fingerprint density at radius 2 is 1.78 bits per heavy atom. The van der Waals surface area contributed by atoms with Crippen molar-refractivity contribution in [3.63, 3.8) is 0 Å². The van der Waals surface area contributed by atoms with Crippen LogP contribution >= 0.6 is 0 Å². The summed E-state index contributed by atoms with van der Waals surface area (Å²) >= 11 is 0. The number of anilines is 3. The summed E-state index contributed by atoms with van der Waals surface area (Å²) in [6, 6.07) is 6.43. The van der Waals surface area contributed by atoms with Crippen molar-refractivity contribution in [1.82, 2.24) is 15.2 Å². The minimum Gasteiger partial charge on any atom is -0.343 e. The number of unbranched alkanes of at least 4 members (excludes halogenated alkanes) is 1. The van der Waals surface area contributed by atoms with Crippen LogP contribution in [0.15, 0.2) is 24.4 Å². The molecule has 124 valence electrons. The molecule has 23 heavy (non-hydrogen) atoms. The summed E-state index contributed by atoms with van der Waals surface area (Å²) in [5.41, 5.74) is 3.74. The van der Waals surface area contributed by atoms with Gasteiger partial charge in [-0.25, -0.2) is 0 Å². The summed E-state index contributed by atoms with van der Waals surface area (Å²) in [6.07, 6.45) is 5.93. The second-order valence-corrected chi connectivity index (χ2v) is 5.70. The highest BCUT2D eigenvalue weighted by Crippen LogP contribution is 2.25. The van der Waals surface area contributed by atoms with Crippen molar-refractivity contribution in [1.29, 1.82) is 0 Å². The lowest BCUT2D eigenvalue weighted by Crippen LogP contribution is -2.21. The van der Waals surface area contributed by atoms with E-state index in [-0.39, 0.29) is 0 Å². The molecule has 1 N–H and O–H groups in total. The summed E-state index contributed by atoms with van der Waals surface area (Å²) in [6.45, 7) is 7.45. The first-order valence-corrected chi connectivity index (χ1v) is 8.48. The minimum absolute atomic E-state index is 0.662. The van der Waals surface area contributed by atoms with Crippen molar-refractivity contribution in [2.24, 2.45) is 0 Å². The zero-order chi connectivity index (χ0) is 16.7. The van der Waals surface area contributed by atoms with E-state index in [4.69, 9.17) is 0 Å². The molecule has 2 aromatic rings. The third-order valence-electron chi connectivity index (χ3n) is 3.99. The smallest absolute Gasteiger partial charge is 0.247 e. The molecule has 1 aromatic carbocycles. The number of aromatic nitrogens is 3. The van der Waals surface area contributed by atoms with E-state index in [2.05, 4.69) is 59.5 Å². The number of benzene rings is 1. The lowest BCUT2D eigenvalue weighted by atomic mass is 10.0. The molecule has 0 saturated carbocycles. The highest BCUT2D eigenvalue weighted by Gasteiger charge is 2.10. The Morgan fingerprint density at radius 1 is 1.09 bits per heavy atom. The maximum atomic E-state index is 4.61. The predicted molar refractivity (Wildman–Crippen MR) is 96.5 cm³/mol. The van der Waals surface area contributed by atoms with Gasteiger partial charge in [-0.2, -0.15) is 10.1 Å². The summed E-state index contributed by atoms with van der Waals surface area (Å²) in [7, 11) is 2.01. The van der Waals surface area contributed by atoms with E-state index >= 15 is 0 Å². The Bertz CT molecular complexity index is 604. The fourth-order valence-corrected chi connectivity index (χ4v) is 2.54. The van der Waals surface area contributed by atoms with Crippen molar-refractivity contribution in [2.75, 3.05) is 23.8 Å². The molecule has 0 aliphatic heterocycles. The van der Waals surface area contributed by atoms with Gasteiger partial charge in [0.15, 0.2) is 5.82 Å². The van der Waals surface area contributed by atoms with Crippen LogP contribution in [0.1, 0.15) is 44.7 Å². The van der Waals surface area contributed by atoms with E-state index in [1.54, 1.807) is 6.20 Å². The fraction of sp³-hybridized carbons (Fsp3) is 0.500. The summed E-state index contributed by atoms with van der Waals surface area (Å²) in [5, 5.41) is 11.7. The maximum Gasteiger partial charge on any atom is 0.247 e. The third-order valence-corrected chi connectivity index (χ3v) is 3.99. The summed E-state index contributed by atoms with van der Waals surface area (Å²) in [4.78, 5) is 6.66. The SMILES string of the molecule is CCCCN(C)c1nncc(Nc2c(CC)cccc2CC)n1. The highest BCUT2D eigenvalue weighted by molar-refractivity contribution is 5.65. The van der Waals surface area contributed by atoms with Gasteiger partial charge in [0.1, 0.15) is 0 Å². The van der Waals surface area contributed by atoms with Crippen LogP contribution in [0, 0.1) is 0 Å². The molecule has 0 aliphatic carbocycles. The molecule has 0 saturated heterocycles. The van der Waals surface area contributed by atoms with Crippen LogP contribution in [0.25, 0.3) is 0 Å². The summed E-state index contributed by atoms with van der Waals surface area (Å²) < 4.78 is 0. The Morgan fingerprint density at radius 3 is 2.39 bits per heavy atom. The zero-order valence-electron chi connectivity index (χ0n) is 14.6. The van der Waals surface area contributed by atoms with E-state index in [9.17, 15) is 0 Å². The molecule has 5 nitrogen and oxygen atoms in total. The van der Waals surface area contributed by atoms with Crippen molar-refractivity contribution < 1.29 is 0 Å². The van der Waals surface area contributed by atoms with Crippen molar-refractivity contribution in [3.05, 3.63) is 35.5 Å². The van der Waals surface area contributed by atoms with Gasteiger partial charge in [-0.3, -0.25) is 0 Å². The Labute approximate surface area is 139 Å². The van der Waals surface area contributed by atoms with Crippen LogP contribution in [0.3, 0.4) is 0 Å². The van der Waals surface area contributed by atoms with Gasteiger partial charge in [-0.1, -0.05) is 45.4 Å². The van der Waals surface area contributed by atoms with Crippen LogP contribution in [-0.2, 0) is 12.8 Å². The average molecular weight is 313 g/mol. The van der Waals surface area contributed by atoms with Crippen LogP contribution in [0.4, 0.5) is 17.5 Å². The van der Waals surface area contributed by atoms with Crippen LogP contribution in [-0.4, -0.2) is 28.8 Å². The Balaban J connectivity index is 2.24. The first-order chi connectivity index (χ1) is 11.2. The minimum atomic E-state index is 0.662. The van der Waals surface area contributed by atoms with Crippen LogP contribution < -0.4 is 10.2 Å². The van der Waals surface area contributed by atoms with Gasteiger partial charge >= 0.3 is 0 Å². The van der Waals surface area contributed by atoms with Gasteiger partial charge in [-0.05, 0) is 30.4 Å². The number of nitrogens with zero attached hydrogens (tertiary/aromatic N) is 4. The molecule has 0 fully saturated rings. The van der Waals surface area contributed by atoms with Gasteiger partial charge in [0.2, 0.25) is 5.95 Å². The molecule has 0 radical (unpaired) electrons. The number of rotatable bonds is 8. The summed E-state index contributed by atoms with van der Waals surface area (Å²) in [5.74, 6) is 1.41. The standard InChI is InChI=1S/C18H27N5/c1-5-8-12-23(4)18-21-16(13-19-22-18)20-17-14(6-2)10-9-11-15(17)7-3/h9-11,13H,5-8,12H2,1-4H3,(H,20,21,22). The molecule has 1 heterocycles. The van der Waals surface area contributed by atoms with E-state index in [1.165, 1.54) is 11.1 Å². The number of hydrogen-bond donors (Lipinski definition) is 1. The van der Waals surface area contributed by atoms with Gasteiger partial charge in [-0.15, -0.1) is 5.10 Å². The molecule has 0 unspecified atom stereocenters. The maximum absolute atomic E-state index is 4.61. The molecule has 0 spiro atoms. The van der Waals surface area contributed by atoms with Gasteiger partial charge < -0.3 is 10.2 Å². The van der Waals surface area contributed by atoms with Gasteiger partial charge in [0.05, 0.1) is 6.20 Å². The number of para-hydroxylation sites is 1. The average Bonchev–Trinajstić information content (AvgIpc) is 2.60. The Kier molecular flexibility index (Phi) is 6.32. The lowest BCUT2D eigenvalue weighted by Gasteiger charge is -2.18. The van der Waals surface area contributed by atoms with E-state index < -0.39 is 0 Å². The normalized spacial score (nSPS) is 10.6. The van der Waals surface area contributed by atoms with Crippen molar-refractivity contribution >= 4 is 17.5 Å². The van der Waals surface area contributed by atoms with Crippen molar-refractivity contribution in [3.8, 4) is 0 Å². The first-order valence-electron chi connectivity index (χ1n) is 8.48. The highest BCUT2D eigenvalue weighted by atomic mass is 15.3. The largest absolute Gasteiger partial charge is 0.343 e. The molecule has 5 heteroatoms. The van der Waals surface area contributed by atoms with Crippen LogP contribution in [0.5, 0.6) is 0 Å². The molecule has 0 aliphatic rings. The molecule has 2 rings (SSSR count). The van der Waals surface area contributed by atoms with E-state index in [0.717, 1.165) is 43.7 Å². The number of aryl methyl sites for hydroxylation is 2. The molecule has 0 atom stereocenters. The molecule has 0 amide bonds. The predicted octanol–water partition coefficient (Wildman–Crippen LogP) is 3.98. The topological polar surface area (TPSA) is 53.9 Å². The first kappa shape index (κ1) is 17.2. The monoisotopic (exact) mass is 313 g/mol. The van der Waals surface area contributed by atoms with E-state index in [1.807, 2.05) is 11.9 Å². The molecule has 1 aromatic heterocycles. The number of hydrogen-bond acceptors (Lipinski definition) is 5. The second-order valence-electron chi connectivity index (χ2n) is 5.70. The van der Waals surface area contributed by atoms with Crippen molar-refractivity contribution in [2.45, 2.75) is 46.5 Å². The Hall–Kier alpha value is -2.17. The third kappa shape index (κ3) is 4.41. The fourth-order valence-electron chi connectivity index (χ4n) is 2.54. The molecular formula is C18H27N5. The molecular weight excluding hydrogens is 286 g/mol. The van der Waals surface area contributed by atoms with Gasteiger partial charge in [0.25, 0.3) is 0 Å². The quantitative estimate of drug-likeness (QED) is 0.799.